The highest BCUT2D eigenvalue weighted by atomic mass is 19.1. The van der Waals surface area contributed by atoms with Gasteiger partial charge in [-0.2, -0.15) is 5.10 Å². The number of hydrogen-bond donors (Lipinski definition) is 2. The zero-order valence-electron chi connectivity index (χ0n) is 15.0. The molecule has 3 aromatic rings. The van der Waals surface area contributed by atoms with E-state index in [1.54, 1.807) is 13.2 Å². The standard InChI is InChI=1S/C21H20FN3O2/c1-27-19-9-8-16(22)11-17(19)14-4-2-13(3-5-14)10-21(26)23-20-12-18(24-25-20)15-6-7-15/h2-5,8-9,11-12,15H,6-7,10H2,1H3,(H2,23,24,25,26). The van der Waals surface area contributed by atoms with Gasteiger partial charge >= 0.3 is 0 Å². The lowest BCUT2D eigenvalue weighted by molar-refractivity contribution is -0.115. The average Bonchev–Trinajstić information content (AvgIpc) is 3.42. The Bertz CT molecular complexity index is 962. The summed E-state index contributed by atoms with van der Waals surface area (Å²) in [7, 11) is 1.55. The van der Waals surface area contributed by atoms with Crippen LogP contribution in [0, 0.1) is 5.82 Å². The van der Waals surface area contributed by atoms with Crippen molar-refractivity contribution in [2.45, 2.75) is 25.2 Å². The molecule has 0 unspecified atom stereocenters. The molecule has 27 heavy (non-hydrogen) atoms. The van der Waals surface area contributed by atoms with Gasteiger partial charge in [-0.3, -0.25) is 9.89 Å². The quantitative estimate of drug-likeness (QED) is 0.685. The van der Waals surface area contributed by atoms with E-state index in [-0.39, 0.29) is 18.1 Å². The Labute approximate surface area is 156 Å². The first-order valence-corrected chi connectivity index (χ1v) is 8.90. The molecule has 0 atom stereocenters. The molecular formula is C21H20FN3O2. The molecule has 2 N–H and O–H groups in total. The monoisotopic (exact) mass is 365 g/mol. The number of hydrogen-bond acceptors (Lipinski definition) is 3. The minimum absolute atomic E-state index is 0.125. The van der Waals surface area contributed by atoms with Crippen molar-refractivity contribution in [2.24, 2.45) is 0 Å². The second-order valence-corrected chi connectivity index (χ2v) is 6.75. The van der Waals surface area contributed by atoms with Gasteiger partial charge < -0.3 is 10.1 Å². The zero-order valence-corrected chi connectivity index (χ0v) is 15.0. The summed E-state index contributed by atoms with van der Waals surface area (Å²) in [5.74, 6) is 1.28. The molecule has 0 radical (unpaired) electrons. The molecule has 5 nitrogen and oxygen atoms in total. The third-order valence-corrected chi connectivity index (χ3v) is 4.67. The first kappa shape index (κ1) is 17.3. The Hall–Kier alpha value is -3.15. The maximum absolute atomic E-state index is 13.6. The number of methoxy groups -OCH3 is 1. The van der Waals surface area contributed by atoms with E-state index in [1.807, 2.05) is 30.3 Å². The average molecular weight is 365 g/mol. The number of amides is 1. The van der Waals surface area contributed by atoms with Crippen LogP contribution in [-0.4, -0.2) is 23.2 Å². The van der Waals surface area contributed by atoms with E-state index >= 15 is 0 Å². The Morgan fingerprint density at radius 3 is 2.70 bits per heavy atom. The van der Waals surface area contributed by atoms with Gasteiger partial charge in [-0.05, 0) is 42.2 Å². The summed E-state index contributed by atoms with van der Waals surface area (Å²) in [6.07, 6.45) is 2.60. The fraction of sp³-hybridized carbons (Fsp3) is 0.238. The lowest BCUT2D eigenvalue weighted by atomic mass is 10.0. The van der Waals surface area contributed by atoms with Gasteiger partial charge in [-0.1, -0.05) is 24.3 Å². The fourth-order valence-corrected chi connectivity index (χ4v) is 3.08. The Kier molecular flexibility index (Phi) is 4.62. The van der Waals surface area contributed by atoms with E-state index in [0.717, 1.165) is 16.8 Å². The molecule has 1 amide bonds. The maximum atomic E-state index is 13.6. The number of rotatable bonds is 6. The molecule has 0 spiro atoms. The molecule has 1 aliphatic carbocycles. The maximum Gasteiger partial charge on any atom is 0.229 e. The van der Waals surface area contributed by atoms with Gasteiger partial charge in [-0.25, -0.2) is 4.39 Å². The zero-order chi connectivity index (χ0) is 18.8. The Morgan fingerprint density at radius 2 is 2.00 bits per heavy atom. The van der Waals surface area contributed by atoms with Crippen molar-refractivity contribution in [3.8, 4) is 16.9 Å². The number of benzene rings is 2. The van der Waals surface area contributed by atoms with Gasteiger partial charge in [0.15, 0.2) is 5.82 Å². The van der Waals surface area contributed by atoms with Gasteiger partial charge in [0.05, 0.1) is 13.5 Å². The number of nitrogens with one attached hydrogen (secondary N) is 2. The van der Waals surface area contributed by atoms with E-state index in [4.69, 9.17) is 4.74 Å². The largest absolute Gasteiger partial charge is 0.496 e. The first-order valence-electron chi connectivity index (χ1n) is 8.90. The van der Waals surface area contributed by atoms with E-state index < -0.39 is 0 Å². The number of halogens is 1. The van der Waals surface area contributed by atoms with Crippen LogP contribution in [0.3, 0.4) is 0 Å². The number of carbonyl (C=O) groups excluding carboxylic acids is 1. The van der Waals surface area contributed by atoms with E-state index in [1.165, 1.54) is 25.0 Å². The highest BCUT2D eigenvalue weighted by Gasteiger charge is 2.25. The Morgan fingerprint density at radius 1 is 1.22 bits per heavy atom. The predicted octanol–water partition coefficient (Wildman–Crippen LogP) is 4.28. The smallest absolute Gasteiger partial charge is 0.229 e. The minimum Gasteiger partial charge on any atom is -0.496 e. The van der Waals surface area contributed by atoms with E-state index in [0.29, 0.717) is 23.0 Å². The van der Waals surface area contributed by atoms with Gasteiger partial charge in [0, 0.05) is 23.2 Å². The second-order valence-electron chi connectivity index (χ2n) is 6.75. The molecule has 1 aromatic heterocycles. The molecule has 0 bridgehead atoms. The number of aromatic amines is 1. The minimum atomic E-state index is -0.321. The van der Waals surface area contributed by atoms with Crippen LogP contribution < -0.4 is 10.1 Å². The summed E-state index contributed by atoms with van der Waals surface area (Å²) >= 11 is 0. The third-order valence-electron chi connectivity index (χ3n) is 4.67. The summed E-state index contributed by atoms with van der Waals surface area (Å²) in [5.41, 5.74) is 3.46. The van der Waals surface area contributed by atoms with Crippen molar-refractivity contribution >= 4 is 11.7 Å². The lowest BCUT2D eigenvalue weighted by Gasteiger charge is -2.09. The van der Waals surface area contributed by atoms with Crippen molar-refractivity contribution in [1.82, 2.24) is 10.2 Å². The van der Waals surface area contributed by atoms with Crippen LogP contribution in [0.1, 0.15) is 30.0 Å². The SMILES string of the molecule is COc1ccc(F)cc1-c1ccc(CC(=O)Nc2cc(C3CC3)[nH]n2)cc1. The Balaban J connectivity index is 1.42. The van der Waals surface area contributed by atoms with E-state index in [9.17, 15) is 9.18 Å². The van der Waals surface area contributed by atoms with Crippen molar-refractivity contribution in [3.05, 3.63) is 65.6 Å². The van der Waals surface area contributed by atoms with Crippen molar-refractivity contribution in [2.75, 3.05) is 12.4 Å². The number of nitrogens with zero attached hydrogens (tertiary/aromatic N) is 1. The first-order chi connectivity index (χ1) is 13.1. The predicted molar refractivity (Wildman–Crippen MR) is 101 cm³/mol. The highest BCUT2D eigenvalue weighted by molar-refractivity contribution is 5.91. The third kappa shape index (κ3) is 4.00. The molecule has 2 aromatic carbocycles. The van der Waals surface area contributed by atoms with Crippen LogP contribution >= 0.6 is 0 Å². The van der Waals surface area contributed by atoms with Crippen LogP contribution in [-0.2, 0) is 11.2 Å². The molecule has 0 saturated heterocycles. The number of aromatic nitrogens is 2. The molecule has 1 aliphatic rings. The molecule has 1 fully saturated rings. The second kappa shape index (κ2) is 7.23. The molecular weight excluding hydrogens is 345 g/mol. The van der Waals surface area contributed by atoms with Gasteiger partial charge in [0.25, 0.3) is 0 Å². The van der Waals surface area contributed by atoms with Crippen LogP contribution in [0.5, 0.6) is 5.75 Å². The molecule has 1 saturated carbocycles. The van der Waals surface area contributed by atoms with Crippen molar-refractivity contribution in [1.29, 1.82) is 0 Å². The lowest BCUT2D eigenvalue weighted by Crippen LogP contribution is -2.14. The normalized spacial score (nSPS) is 13.4. The summed E-state index contributed by atoms with van der Waals surface area (Å²) in [5, 5.41) is 9.92. The number of ether oxygens (including phenoxy) is 1. The van der Waals surface area contributed by atoms with Crippen molar-refractivity contribution in [3.63, 3.8) is 0 Å². The number of anilines is 1. The van der Waals surface area contributed by atoms with Crippen LogP contribution in [0.2, 0.25) is 0 Å². The highest BCUT2D eigenvalue weighted by Crippen LogP contribution is 2.39. The van der Waals surface area contributed by atoms with Gasteiger partial charge in [-0.15, -0.1) is 0 Å². The summed E-state index contributed by atoms with van der Waals surface area (Å²) in [6, 6.07) is 13.7. The van der Waals surface area contributed by atoms with Crippen LogP contribution in [0.4, 0.5) is 10.2 Å². The van der Waals surface area contributed by atoms with E-state index in [2.05, 4.69) is 15.5 Å². The van der Waals surface area contributed by atoms with Crippen LogP contribution in [0.25, 0.3) is 11.1 Å². The molecule has 1 heterocycles. The molecule has 0 aliphatic heterocycles. The number of H-pyrrole nitrogens is 1. The van der Waals surface area contributed by atoms with Gasteiger partial charge in [0.1, 0.15) is 11.6 Å². The summed E-state index contributed by atoms with van der Waals surface area (Å²) in [4.78, 5) is 12.2. The fourth-order valence-electron chi connectivity index (χ4n) is 3.08. The molecule has 4 rings (SSSR count). The van der Waals surface area contributed by atoms with Gasteiger partial charge in [0.2, 0.25) is 5.91 Å². The summed E-state index contributed by atoms with van der Waals surface area (Å²) in [6.45, 7) is 0. The number of carbonyl (C=O) groups is 1. The van der Waals surface area contributed by atoms with Crippen molar-refractivity contribution < 1.29 is 13.9 Å². The topological polar surface area (TPSA) is 67.0 Å². The summed E-state index contributed by atoms with van der Waals surface area (Å²) < 4.78 is 18.9. The van der Waals surface area contributed by atoms with Crippen LogP contribution in [0.15, 0.2) is 48.5 Å². The molecule has 6 heteroatoms. The molecule has 138 valence electrons.